The predicted octanol–water partition coefficient (Wildman–Crippen LogP) is 2.25. The van der Waals surface area contributed by atoms with Crippen LogP contribution in [0.5, 0.6) is 0 Å². The van der Waals surface area contributed by atoms with Gasteiger partial charge in [0.1, 0.15) is 0 Å². The van der Waals surface area contributed by atoms with E-state index in [9.17, 15) is 4.79 Å². The van der Waals surface area contributed by atoms with Crippen molar-refractivity contribution in [3.8, 4) is 0 Å². The van der Waals surface area contributed by atoms with Crippen LogP contribution in [0.1, 0.15) is 13.3 Å². The lowest BCUT2D eigenvalue weighted by molar-refractivity contribution is -0.116. The van der Waals surface area contributed by atoms with Crippen LogP contribution in [0.3, 0.4) is 0 Å². The van der Waals surface area contributed by atoms with Crippen LogP contribution < -0.4 is 10.6 Å². The van der Waals surface area contributed by atoms with Gasteiger partial charge in [0.05, 0.1) is 11.4 Å². The Morgan fingerprint density at radius 2 is 1.93 bits per heavy atom. The van der Waals surface area contributed by atoms with Crippen LogP contribution in [-0.4, -0.2) is 11.9 Å². The highest BCUT2D eigenvalue weighted by Crippen LogP contribution is 2.24. The SMILES string of the molecule is CC1CC(=O)Nc2ccccc2N1.Cl. The molecule has 1 amide bonds. The number of para-hydroxylation sites is 2. The zero-order chi connectivity index (χ0) is 9.26. The van der Waals surface area contributed by atoms with E-state index in [1.807, 2.05) is 31.2 Å². The van der Waals surface area contributed by atoms with Crippen LogP contribution in [-0.2, 0) is 4.79 Å². The van der Waals surface area contributed by atoms with Crippen molar-refractivity contribution >= 4 is 29.7 Å². The summed E-state index contributed by atoms with van der Waals surface area (Å²) < 4.78 is 0. The van der Waals surface area contributed by atoms with E-state index in [-0.39, 0.29) is 24.4 Å². The minimum atomic E-state index is 0. The number of nitrogens with one attached hydrogen (secondary N) is 2. The highest BCUT2D eigenvalue weighted by molar-refractivity contribution is 5.96. The van der Waals surface area contributed by atoms with Crippen molar-refractivity contribution in [3.63, 3.8) is 0 Å². The lowest BCUT2D eigenvalue weighted by Gasteiger charge is -2.10. The van der Waals surface area contributed by atoms with Crippen LogP contribution >= 0.6 is 12.4 Å². The lowest BCUT2D eigenvalue weighted by atomic mass is 10.2. The Morgan fingerprint density at radius 1 is 1.29 bits per heavy atom. The molecule has 0 bridgehead atoms. The third-order valence-electron chi connectivity index (χ3n) is 2.09. The minimum Gasteiger partial charge on any atom is -0.380 e. The number of fused-ring (bicyclic) bond motifs is 1. The molecule has 0 saturated heterocycles. The Labute approximate surface area is 89.3 Å². The van der Waals surface area contributed by atoms with E-state index in [1.165, 1.54) is 0 Å². The van der Waals surface area contributed by atoms with Crippen LogP contribution in [0.25, 0.3) is 0 Å². The zero-order valence-electron chi connectivity index (χ0n) is 7.91. The van der Waals surface area contributed by atoms with Crippen molar-refractivity contribution < 1.29 is 4.79 Å². The van der Waals surface area contributed by atoms with Gasteiger partial charge in [-0.05, 0) is 19.1 Å². The second-order valence-corrected chi connectivity index (χ2v) is 3.34. The molecule has 0 saturated carbocycles. The summed E-state index contributed by atoms with van der Waals surface area (Å²) in [7, 11) is 0. The first-order chi connectivity index (χ1) is 6.25. The fourth-order valence-corrected chi connectivity index (χ4v) is 1.51. The monoisotopic (exact) mass is 212 g/mol. The normalized spacial score (nSPS) is 19.5. The molecule has 0 aliphatic carbocycles. The van der Waals surface area contributed by atoms with Gasteiger partial charge in [-0.3, -0.25) is 4.79 Å². The maximum Gasteiger partial charge on any atom is 0.226 e. The van der Waals surface area contributed by atoms with Gasteiger partial charge in [0, 0.05) is 12.5 Å². The Bertz CT molecular complexity index is 341. The first kappa shape index (κ1) is 10.9. The van der Waals surface area contributed by atoms with Crippen molar-refractivity contribution in [2.75, 3.05) is 10.6 Å². The number of anilines is 2. The van der Waals surface area contributed by atoms with Crippen molar-refractivity contribution in [2.24, 2.45) is 0 Å². The van der Waals surface area contributed by atoms with E-state index < -0.39 is 0 Å². The Morgan fingerprint density at radius 3 is 2.64 bits per heavy atom. The van der Waals surface area contributed by atoms with Crippen LogP contribution in [0.4, 0.5) is 11.4 Å². The number of rotatable bonds is 0. The van der Waals surface area contributed by atoms with Gasteiger partial charge in [-0.15, -0.1) is 12.4 Å². The number of amides is 1. The summed E-state index contributed by atoms with van der Waals surface area (Å²) in [5.74, 6) is 0.0740. The average molecular weight is 213 g/mol. The topological polar surface area (TPSA) is 41.1 Å². The number of halogens is 1. The summed E-state index contributed by atoms with van der Waals surface area (Å²) in [6.45, 7) is 2.00. The molecule has 76 valence electrons. The molecule has 1 unspecified atom stereocenters. The third kappa shape index (κ3) is 2.17. The van der Waals surface area contributed by atoms with Gasteiger partial charge in [-0.1, -0.05) is 12.1 Å². The number of carbonyl (C=O) groups is 1. The molecule has 1 aromatic carbocycles. The molecular formula is C10H13ClN2O. The number of benzene rings is 1. The standard InChI is InChI=1S/C10H12N2O.ClH/c1-7-6-10(13)12-9-5-3-2-4-8(9)11-7;/h2-5,7,11H,6H2,1H3,(H,12,13);1H. The van der Waals surface area contributed by atoms with Gasteiger partial charge in [0.2, 0.25) is 5.91 Å². The van der Waals surface area contributed by atoms with Crippen molar-refractivity contribution in [2.45, 2.75) is 19.4 Å². The summed E-state index contributed by atoms with van der Waals surface area (Å²) in [6, 6.07) is 7.94. The van der Waals surface area contributed by atoms with Crippen LogP contribution in [0, 0.1) is 0 Å². The highest BCUT2D eigenvalue weighted by Gasteiger charge is 2.15. The third-order valence-corrected chi connectivity index (χ3v) is 2.09. The lowest BCUT2D eigenvalue weighted by Crippen LogP contribution is -2.18. The predicted molar refractivity (Wildman–Crippen MR) is 60.0 cm³/mol. The largest absolute Gasteiger partial charge is 0.380 e. The van der Waals surface area contributed by atoms with Crippen molar-refractivity contribution in [3.05, 3.63) is 24.3 Å². The van der Waals surface area contributed by atoms with Gasteiger partial charge < -0.3 is 10.6 Å². The molecule has 2 N–H and O–H groups in total. The number of carbonyl (C=O) groups excluding carboxylic acids is 1. The maximum absolute atomic E-state index is 11.3. The number of hydrogen-bond acceptors (Lipinski definition) is 2. The zero-order valence-corrected chi connectivity index (χ0v) is 8.73. The molecular weight excluding hydrogens is 200 g/mol. The fraction of sp³-hybridized carbons (Fsp3) is 0.300. The Kier molecular flexibility index (Phi) is 3.36. The van der Waals surface area contributed by atoms with Crippen LogP contribution in [0.2, 0.25) is 0 Å². The molecule has 2 rings (SSSR count). The second kappa shape index (κ2) is 4.33. The second-order valence-electron chi connectivity index (χ2n) is 3.34. The molecule has 1 heterocycles. The van der Waals surface area contributed by atoms with Gasteiger partial charge >= 0.3 is 0 Å². The summed E-state index contributed by atoms with van der Waals surface area (Å²) in [6.07, 6.45) is 0.522. The van der Waals surface area contributed by atoms with Gasteiger partial charge in [0.15, 0.2) is 0 Å². The molecule has 0 spiro atoms. The highest BCUT2D eigenvalue weighted by atomic mass is 35.5. The van der Waals surface area contributed by atoms with Crippen LogP contribution in [0.15, 0.2) is 24.3 Å². The van der Waals surface area contributed by atoms with E-state index in [0.29, 0.717) is 6.42 Å². The molecule has 0 fully saturated rings. The quantitative estimate of drug-likeness (QED) is 0.693. The molecule has 1 aliphatic rings. The summed E-state index contributed by atoms with van der Waals surface area (Å²) in [4.78, 5) is 11.3. The molecule has 3 nitrogen and oxygen atoms in total. The van der Waals surface area contributed by atoms with Gasteiger partial charge in [-0.25, -0.2) is 0 Å². The van der Waals surface area contributed by atoms with E-state index in [2.05, 4.69) is 10.6 Å². The number of hydrogen-bond donors (Lipinski definition) is 2. The smallest absolute Gasteiger partial charge is 0.226 e. The first-order valence-electron chi connectivity index (χ1n) is 4.41. The fourth-order valence-electron chi connectivity index (χ4n) is 1.51. The first-order valence-corrected chi connectivity index (χ1v) is 4.41. The molecule has 1 aromatic rings. The molecule has 14 heavy (non-hydrogen) atoms. The van der Waals surface area contributed by atoms with Gasteiger partial charge in [-0.2, -0.15) is 0 Å². The summed E-state index contributed by atoms with van der Waals surface area (Å²) >= 11 is 0. The molecule has 0 aromatic heterocycles. The minimum absolute atomic E-state index is 0. The Hall–Kier alpha value is -1.22. The van der Waals surface area contributed by atoms with E-state index >= 15 is 0 Å². The molecule has 1 atom stereocenters. The molecule has 1 aliphatic heterocycles. The van der Waals surface area contributed by atoms with Gasteiger partial charge in [0.25, 0.3) is 0 Å². The maximum atomic E-state index is 11.3. The van der Waals surface area contributed by atoms with E-state index in [0.717, 1.165) is 11.4 Å². The Balaban J connectivity index is 0.000000980. The summed E-state index contributed by atoms with van der Waals surface area (Å²) in [5, 5.41) is 6.12. The molecule has 4 heteroatoms. The average Bonchev–Trinajstić information content (AvgIpc) is 2.20. The van der Waals surface area contributed by atoms with Crippen molar-refractivity contribution in [1.29, 1.82) is 0 Å². The van der Waals surface area contributed by atoms with Crippen molar-refractivity contribution in [1.82, 2.24) is 0 Å². The molecule has 0 radical (unpaired) electrons. The van der Waals surface area contributed by atoms with E-state index in [1.54, 1.807) is 0 Å². The van der Waals surface area contributed by atoms with E-state index in [4.69, 9.17) is 0 Å². The summed E-state index contributed by atoms with van der Waals surface area (Å²) in [5.41, 5.74) is 1.87.